The van der Waals surface area contributed by atoms with Crippen LogP contribution in [0.3, 0.4) is 0 Å². The van der Waals surface area contributed by atoms with Crippen molar-refractivity contribution in [3.63, 3.8) is 0 Å². The molecule has 2 aromatic carbocycles. The molecular formula is C13H8BrFN2O. The van der Waals surface area contributed by atoms with Crippen LogP contribution >= 0.6 is 15.9 Å². The molecule has 90 valence electrons. The molecule has 3 aromatic rings. The summed E-state index contributed by atoms with van der Waals surface area (Å²) in [5, 5.41) is 0. The fraction of sp³-hybridized carbons (Fsp3) is 0. The standard InChI is InChI=1S/C13H8BrFN2O/c14-10-5-2-6-11-12(10)16-13(18)17(11)9-4-1-3-8(15)7-9/h1-7H,(H,16,18). The summed E-state index contributed by atoms with van der Waals surface area (Å²) in [6, 6.07) is 11.4. The van der Waals surface area contributed by atoms with Crippen LogP contribution in [-0.2, 0) is 0 Å². The van der Waals surface area contributed by atoms with E-state index < -0.39 is 0 Å². The predicted octanol–water partition coefficient (Wildman–Crippen LogP) is 3.22. The van der Waals surface area contributed by atoms with Crippen molar-refractivity contribution in [2.24, 2.45) is 0 Å². The fourth-order valence-corrected chi connectivity index (χ4v) is 2.42. The number of fused-ring (bicyclic) bond motifs is 1. The molecule has 18 heavy (non-hydrogen) atoms. The van der Waals surface area contributed by atoms with Gasteiger partial charge in [-0.1, -0.05) is 12.1 Å². The van der Waals surface area contributed by atoms with Crippen molar-refractivity contribution >= 4 is 27.0 Å². The zero-order chi connectivity index (χ0) is 12.7. The van der Waals surface area contributed by atoms with Crippen LogP contribution in [0.1, 0.15) is 0 Å². The third-order valence-electron chi connectivity index (χ3n) is 2.73. The van der Waals surface area contributed by atoms with E-state index in [4.69, 9.17) is 0 Å². The third-order valence-corrected chi connectivity index (χ3v) is 3.39. The molecule has 0 saturated heterocycles. The van der Waals surface area contributed by atoms with Crippen LogP contribution < -0.4 is 5.69 Å². The Morgan fingerprint density at radius 1 is 1.17 bits per heavy atom. The highest BCUT2D eigenvalue weighted by Gasteiger charge is 2.10. The Morgan fingerprint density at radius 2 is 1.94 bits per heavy atom. The molecule has 0 fully saturated rings. The molecule has 0 aliphatic rings. The minimum absolute atomic E-state index is 0.289. The number of halogens is 2. The van der Waals surface area contributed by atoms with E-state index in [9.17, 15) is 9.18 Å². The topological polar surface area (TPSA) is 37.8 Å². The van der Waals surface area contributed by atoms with Gasteiger partial charge >= 0.3 is 5.69 Å². The molecule has 0 radical (unpaired) electrons. The van der Waals surface area contributed by atoms with Crippen LogP contribution in [0.15, 0.2) is 51.7 Å². The highest BCUT2D eigenvalue weighted by molar-refractivity contribution is 9.10. The van der Waals surface area contributed by atoms with Crippen molar-refractivity contribution < 1.29 is 4.39 Å². The van der Waals surface area contributed by atoms with Crippen LogP contribution in [-0.4, -0.2) is 9.55 Å². The summed E-state index contributed by atoms with van der Waals surface area (Å²) in [7, 11) is 0. The van der Waals surface area contributed by atoms with E-state index in [1.165, 1.54) is 16.7 Å². The highest BCUT2D eigenvalue weighted by atomic mass is 79.9. The molecule has 0 atom stereocenters. The van der Waals surface area contributed by atoms with E-state index >= 15 is 0 Å². The van der Waals surface area contributed by atoms with Crippen molar-refractivity contribution in [1.82, 2.24) is 9.55 Å². The lowest BCUT2D eigenvalue weighted by Gasteiger charge is -2.03. The van der Waals surface area contributed by atoms with Gasteiger partial charge in [0.2, 0.25) is 0 Å². The normalized spacial score (nSPS) is 11.0. The number of aromatic nitrogens is 2. The molecule has 0 bridgehead atoms. The third kappa shape index (κ3) is 1.67. The Labute approximate surface area is 110 Å². The van der Waals surface area contributed by atoms with Crippen LogP contribution in [0.4, 0.5) is 4.39 Å². The second-order valence-electron chi connectivity index (χ2n) is 3.88. The first kappa shape index (κ1) is 11.2. The van der Waals surface area contributed by atoms with Gasteiger partial charge < -0.3 is 4.98 Å². The smallest absolute Gasteiger partial charge is 0.304 e. The quantitative estimate of drug-likeness (QED) is 0.736. The Balaban J connectivity index is 2.39. The van der Waals surface area contributed by atoms with Crippen LogP contribution in [0, 0.1) is 5.82 Å². The van der Waals surface area contributed by atoms with Crippen molar-refractivity contribution in [2.75, 3.05) is 0 Å². The molecule has 0 spiro atoms. The molecule has 0 aliphatic carbocycles. The first-order valence-corrected chi connectivity index (χ1v) is 6.11. The summed E-state index contributed by atoms with van der Waals surface area (Å²) in [6.07, 6.45) is 0. The number of benzene rings is 2. The number of para-hydroxylation sites is 1. The molecule has 5 heteroatoms. The Bertz CT molecular complexity index is 791. The van der Waals surface area contributed by atoms with E-state index in [0.717, 1.165) is 4.47 Å². The number of nitrogens with zero attached hydrogens (tertiary/aromatic N) is 1. The molecule has 1 heterocycles. The van der Waals surface area contributed by atoms with Crippen molar-refractivity contribution in [2.45, 2.75) is 0 Å². The summed E-state index contributed by atoms with van der Waals surface area (Å²) < 4.78 is 15.5. The highest BCUT2D eigenvalue weighted by Crippen LogP contribution is 2.22. The minimum atomic E-state index is -0.372. The van der Waals surface area contributed by atoms with Gasteiger partial charge in [-0.3, -0.25) is 4.57 Å². The second kappa shape index (κ2) is 4.10. The maximum atomic E-state index is 13.2. The van der Waals surface area contributed by atoms with Gasteiger partial charge in [0.15, 0.2) is 0 Å². The van der Waals surface area contributed by atoms with Crippen LogP contribution in [0.2, 0.25) is 0 Å². The molecule has 3 rings (SSSR count). The maximum Gasteiger partial charge on any atom is 0.331 e. The van der Waals surface area contributed by atoms with E-state index in [2.05, 4.69) is 20.9 Å². The molecule has 0 unspecified atom stereocenters. The summed E-state index contributed by atoms with van der Waals surface area (Å²) in [6.45, 7) is 0. The Hall–Kier alpha value is -1.88. The first-order chi connectivity index (χ1) is 8.66. The lowest BCUT2D eigenvalue weighted by Crippen LogP contribution is -2.14. The molecule has 3 nitrogen and oxygen atoms in total. The minimum Gasteiger partial charge on any atom is -0.304 e. The average molecular weight is 307 g/mol. The number of hydrogen-bond donors (Lipinski definition) is 1. The number of imidazole rings is 1. The lowest BCUT2D eigenvalue weighted by atomic mass is 10.3. The van der Waals surface area contributed by atoms with Crippen LogP contribution in [0.5, 0.6) is 0 Å². The predicted molar refractivity (Wildman–Crippen MR) is 71.6 cm³/mol. The van der Waals surface area contributed by atoms with Gasteiger partial charge in [-0.15, -0.1) is 0 Å². The summed E-state index contributed by atoms with van der Waals surface area (Å²) >= 11 is 3.37. The maximum absolute atomic E-state index is 13.2. The first-order valence-electron chi connectivity index (χ1n) is 5.32. The van der Waals surface area contributed by atoms with Gasteiger partial charge in [0.1, 0.15) is 5.82 Å². The number of H-pyrrole nitrogens is 1. The Morgan fingerprint density at radius 3 is 2.72 bits per heavy atom. The summed E-state index contributed by atoms with van der Waals surface area (Å²) in [5.41, 5.74) is 1.62. The van der Waals surface area contributed by atoms with Gasteiger partial charge in [0, 0.05) is 4.47 Å². The number of aromatic amines is 1. The van der Waals surface area contributed by atoms with E-state index in [1.807, 2.05) is 18.2 Å². The van der Waals surface area contributed by atoms with Gasteiger partial charge in [-0.05, 0) is 46.3 Å². The van der Waals surface area contributed by atoms with Gasteiger partial charge in [0.05, 0.1) is 16.7 Å². The molecule has 0 aliphatic heterocycles. The molecule has 1 N–H and O–H groups in total. The average Bonchev–Trinajstić information content (AvgIpc) is 2.67. The molecule has 0 amide bonds. The Kier molecular flexibility index (Phi) is 2.56. The summed E-state index contributed by atoms with van der Waals surface area (Å²) in [4.78, 5) is 14.7. The molecule has 1 aromatic heterocycles. The van der Waals surface area contributed by atoms with Crippen molar-refractivity contribution in [3.05, 3.63) is 63.2 Å². The number of rotatable bonds is 1. The molecule has 0 saturated carbocycles. The van der Waals surface area contributed by atoms with E-state index in [-0.39, 0.29) is 11.5 Å². The van der Waals surface area contributed by atoms with Crippen molar-refractivity contribution in [3.8, 4) is 5.69 Å². The van der Waals surface area contributed by atoms with Gasteiger partial charge in [0.25, 0.3) is 0 Å². The lowest BCUT2D eigenvalue weighted by molar-refractivity contribution is 0.626. The van der Waals surface area contributed by atoms with E-state index in [1.54, 1.807) is 12.1 Å². The number of nitrogens with one attached hydrogen (secondary N) is 1. The van der Waals surface area contributed by atoms with Crippen molar-refractivity contribution in [1.29, 1.82) is 0 Å². The number of hydrogen-bond acceptors (Lipinski definition) is 1. The van der Waals surface area contributed by atoms with Gasteiger partial charge in [-0.2, -0.15) is 0 Å². The van der Waals surface area contributed by atoms with Gasteiger partial charge in [-0.25, -0.2) is 9.18 Å². The largest absolute Gasteiger partial charge is 0.331 e. The zero-order valence-electron chi connectivity index (χ0n) is 9.15. The monoisotopic (exact) mass is 306 g/mol. The zero-order valence-corrected chi connectivity index (χ0v) is 10.7. The van der Waals surface area contributed by atoms with E-state index in [0.29, 0.717) is 16.7 Å². The summed E-state index contributed by atoms with van der Waals surface area (Å²) in [5.74, 6) is -0.372. The fourth-order valence-electron chi connectivity index (χ4n) is 1.97. The second-order valence-corrected chi connectivity index (χ2v) is 4.73. The van der Waals surface area contributed by atoms with Crippen LogP contribution in [0.25, 0.3) is 16.7 Å². The SMILES string of the molecule is O=c1[nH]c2c(Br)cccc2n1-c1cccc(F)c1. The molecular weight excluding hydrogens is 299 g/mol.